The number of nitrogens with zero attached hydrogens (tertiary/aromatic N) is 1. The van der Waals surface area contributed by atoms with Gasteiger partial charge in [0.2, 0.25) is 0 Å². The van der Waals surface area contributed by atoms with Crippen molar-refractivity contribution < 1.29 is 0 Å². The highest BCUT2D eigenvalue weighted by atomic mass is 15.5. The summed E-state index contributed by atoms with van der Waals surface area (Å²) in [4.78, 5) is 3.65. The number of piperidine rings is 1. The first-order valence-electron chi connectivity index (χ1n) is 9.82. The third-order valence-electron chi connectivity index (χ3n) is 5.90. The van der Waals surface area contributed by atoms with Crippen molar-refractivity contribution in [2.24, 2.45) is 5.92 Å². The van der Waals surface area contributed by atoms with Gasteiger partial charge >= 0.3 is 0 Å². The van der Waals surface area contributed by atoms with Gasteiger partial charge < -0.3 is 10.4 Å². The minimum atomic E-state index is 0.366. The maximum absolute atomic E-state index is 4.29. The second kappa shape index (κ2) is 6.43. The van der Waals surface area contributed by atoms with Crippen LogP contribution in [0.2, 0.25) is 0 Å². The fourth-order valence-electron chi connectivity index (χ4n) is 4.55. The van der Waals surface area contributed by atoms with Gasteiger partial charge in [0, 0.05) is 28.8 Å². The molecular weight excluding hydrogens is 330 g/mol. The van der Waals surface area contributed by atoms with Crippen LogP contribution >= 0.6 is 0 Å². The molecule has 3 heteroatoms. The Balaban J connectivity index is 1.62. The summed E-state index contributed by atoms with van der Waals surface area (Å²) in [7, 11) is 0. The lowest BCUT2D eigenvalue weighted by Crippen LogP contribution is -2.48. The third kappa shape index (κ3) is 2.70. The molecule has 1 aliphatic heterocycles. The van der Waals surface area contributed by atoms with Gasteiger partial charge in [0.25, 0.3) is 0 Å². The summed E-state index contributed by atoms with van der Waals surface area (Å²) in [6.07, 6.45) is 11.0. The number of hydrogen-bond donors (Lipinski definition) is 2. The molecule has 2 aromatic carbocycles. The molecule has 0 radical (unpaired) electrons. The number of aryl methyl sites for hydroxylation is 1. The number of para-hydroxylation sites is 1. The van der Waals surface area contributed by atoms with Crippen LogP contribution in [0.5, 0.6) is 0 Å². The van der Waals surface area contributed by atoms with Crippen LogP contribution in [0.1, 0.15) is 18.9 Å². The van der Waals surface area contributed by atoms with E-state index in [1.54, 1.807) is 0 Å². The number of nitrogens with one attached hydrogen (secondary N) is 2. The molecule has 1 aliphatic carbocycles. The molecule has 2 atom stereocenters. The summed E-state index contributed by atoms with van der Waals surface area (Å²) in [5.41, 5.74) is 9.98. The Morgan fingerprint density at radius 1 is 1.11 bits per heavy atom. The standard InChI is InChI=1S/C24H25N3/c1-3-17-12-13-20-19-9-5-6-10-21(19)25-24(20)23(17)26-27-15-16(2)14-18-8-4-7-11-22(18)27/h4-13,18,22,25-26H,2-3,14-15H2,1H3. The van der Waals surface area contributed by atoms with Gasteiger partial charge in [-0.2, -0.15) is 0 Å². The van der Waals surface area contributed by atoms with Gasteiger partial charge in [-0.15, -0.1) is 0 Å². The SMILES string of the molecule is C=C1CC2C=CC=CC2N(Nc2c(CC)ccc3c2[nH]c2ccccc23)C1. The second-order valence-electron chi connectivity index (χ2n) is 7.66. The molecule has 1 saturated heterocycles. The molecule has 3 aromatic rings. The van der Waals surface area contributed by atoms with Crippen molar-refractivity contribution >= 4 is 27.5 Å². The normalized spacial score (nSPS) is 22.5. The van der Waals surface area contributed by atoms with Gasteiger partial charge in [-0.05, 0) is 24.5 Å². The number of aromatic amines is 1. The number of hydrogen-bond acceptors (Lipinski definition) is 2. The number of allylic oxidation sites excluding steroid dienone is 2. The molecule has 27 heavy (non-hydrogen) atoms. The molecule has 1 aromatic heterocycles. The third-order valence-corrected chi connectivity index (χ3v) is 5.90. The highest BCUT2D eigenvalue weighted by molar-refractivity contribution is 6.11. The zero-order valence-corrected chi connectivity index (χ0v) is 15.7. The van der Waals surface area contributed by atoms with Crippen LogP contribution in [0.4, 0.5) is 5.69 Å². The fourth-order valence-corrected chi connectivity index (χ4v) is 4.55. The topological polar surface area (TPSA) is 31.1 Å². The predicted molar refractivity (Wildman–Crippen MR) is 115 cm³/mol. The molecule has 136 valence electrons. The number of hydrazine groups is 1. The Bertz CT molecular complexity index is 1090. The monoisotopic (exact) mass is 355 g/mol. The number of fused-ring (bicyclic) bond motifs is 4. The molecule has 3 nitrogen and oxygen atoms in total. The lowest BCUT2D eigenvalue weighted by Gasteiger charge is -2.41. The Hall–Kier alpha value is -2.78. The first kappa shape index (κ1) is 16.4. The van der Waals surface area contributed by atoms with Crippen molar-refractivity contribution in [2.75, 3.05) is 12.0 Å². The van der Waals surface area contributed by atoms with Crippen LogP contribution in [0, 0.1) is 5.92 Å². The van der Waals surface area contributed by atoms with E-state index in [2.05, 4.69) is 89.6 Å². The minimum absolute atomic E-state index is 0.366. The van der Waals surface area contributed by atoms with Gasteiger partial charge in [-0.1, -0.05) is 73.7 Å². The summed E-state index contributed by atoms with van der Waals surface area (Å²) in [6.45, 7) is 7.38. The van der Waals surface area contributed by atoms with E-state index in [9.17, 15) is 0 Å². The Labute approximate surface area is 160 Å². The van der Waals surface area contributed by atoms with Crippen molar-refractivity contribution in [3.63, 3.8) is 0 Å². The highest BCUT2D eigenvalue weighted by Gasteiger charge is 2.31. The smallest absolute Gasteiger partial charge is 0.0764 e. The van der Waals surface area contributed by atoms with E-state index in [1.807, 2.05) is 0 Å². The van der Waals surface area contributed by atoms with E-state index in [0.717, 1.165) is 19.4 Å². The summed E-state index contributed by atoms with van der Waals surface area (Å²) >= 11 is 0. The summed E-state index contributed by atoms with van der Waals surface area (Å²) in [5, 5.41) is 4.91. The first-order valence-corrected chi connectivity index (χ1v) is 9.82. The number of rotatable bonds is 3. The van der Waals surface area contributed by atoms with E-state index in [0.29, 0.717) is 12.0 Å². The molecule has 0 spiro atoms. The number of H-pyrrole nitrogens is 1. The van der Waals surface area contributed by atoms with Crippen LogP contribution in [-0.4, -0.2) is 22.6 Å². The minimum Gasteiger partial charge on any atom is -0.353 e. The average Bonchev–Trinajstić information content (AvgIpc) is 3.07. The molecule has 1 fully saturated rings. The molecule has 0 amide bonds. The Kier molecular flexibility index (Phi) is 3.91. The largest absolute Gasteiger partial charge is 0.353 e. The second-order valence-corrected chi connectivity index (χ2v) is 7.66. The molecule has 2 aliphatic rings. The van der Waals surface area contributed by atoms with Crippen LogP contribution in [0.3, 0.4) is 0 Å². The van der Waals surface area contributed by atoms with Gasteiger partial charge in [-0.3, -0.25) is 0 Å². The predicted octanol–water partition coefficient (Wildman–Crippen LogP) is 5.58. The fraction of sp³-hybridized carbons (Fsp3) is 0.250. The van der Waals surface area contributed by atoms with Crippen molar-refractivity contribution in [1.82, 2.24) is 9.99 Å². The zero-order chi connectivity index (χ0) is 18.4. The maximum Gasteiger partial charge on any atom is 0.0764 e. The van der Waals surface area contributed by atoms with Crippen molar-refractivity contribution in [1.29, 1.82) is 0 Å². The molecule has 5 rings (SSSR count). The Morgan fingerprint density at radius 3 is 2.85 bits per heavy atom. The quantitative estimate of drug-likeness (QED) is 0.601. The van der Waals surface area contributed by atoms with Crippen LogP contribution in [-0.2, 0) is 6.42 Å². The van der Waals surface area contributed by atoms with Crippen LogP contribution in [0.15, 0.2) is 72.9 Å². The molecule has 2 unspecified atom stereocenters. The molecule has 0 bridgehead atoms. The molecule has 2 N–H and O–H groups in total. The van der Waals surface area contributed by atoms with E-state index in [4.69, 9.17) is 0 Å². The maximum atomic E-state index is 4.29. The van der Waals surface area contributed by atoms with E-state index >= 15 is 0 Å². The molecular formula is C24H25N3. The zero-order valence-electron chi connectivity index (χ0n) is 15.7. The summed E-state index contributed by atoms with van der Waals surface area (Å²) < 4.78 is 0. The summed E-state index contributed by atoms with van der Waals surface area (Å²) in [6, 6.07) is 13.4. The number of anilines is 1. The average molecular weight is 355 g/mol. The van der Waals surface area contributed by atoms with Crippen molar-refractivity contribution in [3.8, 4) is 0 Å². The van der Waals surface area contributed by atoms with Gasteiger partial charge in [-0.25, -0.2) is 5.01 Å². The van der Waals surface area contributed by atoms with Crippen LogP contribution in [0.25, 0.3) is 21.8 Å². The van der Waals surface area contributed by atoms with Gasteiger partial charge in [0.15, 0.2) is 0 Å². The molecule has 2 heterocycles. The first-order chi connectivity index (χ1) is 13.2. The summed E-state index contributed by atoms with van der Waals surface area (Å²) in [5.74, 6) is 0.496. The molecule has 0 saturated carbocycles. The highest BCUT2D eigenvalue weighted by Crippen LogP contribution is 2.36. The lowest BCUT2D eigenvalue weighted by molar-refractivity contribution is 0.216. The number of aromatic nitrogens is 1. The van der Waals surface area contributed by atoms with Crippen molar-refractivity contribution in [3.05, 3.63) is 78.4 Å². The lowest BCUT2D eigenvalue weighted by atomic mass is 9.85. The van der Waals surface area contributed by atoms with Crippen molar-refractivity contribution in [2.45, 2.75) is 25.8 Å². The van der Waals surface area contributed by atoms with Gasteiger partial charge in [0.1, 0.15) is 0 Å². The number of benzene rings is 2. The Morgan fingerprint density at radius 2 is 1.96 bits per heavy atom. The van der Waals surface area contributed by atoms with E-state index in [-0.39, 0.29) is 0 Å². The van der Waals surface area contributed by atoms with Crippen LogP contribution < -0.4 is 5.43 Å². The van der Waals surface area contributed by atoms with E-state index in [1.165, 1.54) is 38.6 Å². The van der Waals surface area contributed by atoms with E-state index < -0.39 is 0 Å². The van der Waals surface area contributed by atoms with Gasteiger partial charge in [0.05, 0.1) is 17.2 Å².